The third-order valence-corrected chi connectivity index (χ3v) is 6.56. The van der Waals surface area contributed by atoms with E-state index < -0.39 is 15.7 Å². The van der Waals surface area contributed by atoms with Crippen LogP contribution in [0.2, 0.25) is 5.02 Å². The average molecular weight is 454 g/mol. The van der Waals surface area contributed by atoms with Gasteiger partial charge in [-0.25, -0.2) is 18.4 Å². The van der Waals surface area contributed by atoms with Crippen LogP contribution < -0.4 is 10.1 Å². The van der Waals surface area contributed by atoms with Crippen LogP contribution in [0.3, 0.4) is 0 Å². The molecule has 152 valence electrons. The van der Waals surface area contributed by atoms with Gasteiger partial charge >= 0.3 is 0 Å². The Kier molecular flexibility index (Phi) is 5.43. The van der Waals surface area contributed by atoms with Crippen LogP contribution in [0.25, 0.3) is 10.2 Å². The van der Waals surface area contributed by atoms with Gasteiger partial charge in [0.2, 0.25) is 5.88 Å². The standard InChI is InChI=1S/C18H16ClN3O5S2/c1-29(24,25)12-2-3-14-15(7-12)28-18(21-14)22-16(23)10-6-13(19)17(20-8-10)27-11-4-5-26-9-11/h2-3,6-8,11H,4-5,9H2,1H3,(H,21,22,23). The van der Waals surface area contributed by atoms with Gasteiger partial charge in [-0.15, -0.1) is 0 Å². The maximum Gasteiger partial charge on any atom is 0.259 e. The molecule has 0 saturated carbocycles. The number of rotatable bonds is 5. The number of hydrogen-bond donors (Lipinski definition) is 1. The number of amides is 1. The molecule has 8 nitrogen and oxygen atoms in total. The van der Waals surface area contributed by atoms with Crippen molar-refractivity contribution in [3.05, 3.63) is 41.0 Å². The van der Waals surface area contributed by atoms with Crippen molar-refractivity contribution >= 4 is 54.0 Å². The van der Waals surface area contributed by atoms with Gasteiger partial charge in [0.25, 0.3) is 5.91 Å². The number of carbonyl (C=O) groups is 1. The molecule has 1 fully saturated rings. The quantitative estimate of drug-likeness (QED) is 0.632. The van der Waals surface area contributed by atoms with Crippen molar-refractivity contribution in [2.45, 2.75) is 17.4 Å². The third-order valence-electron chi connectivity index (χ3n) is 4.24. The molecule has 3 heterocycles. The van der Waals surface area contributed by atoms with Crippen LogP contribution in [0.15, 0.2) is 35.4 Å². The summed E-state index contributed by atoms with van der Waals surface area (Å²) in [5.74, 6) is -0.176. The molecule has 1 unspecified atom stereocenters. The van der Waals surface area contributed by atoms with Crippen molar-refractivity contribution in [2.75, 3.05) is 24.8 Å². The zero-order chi connectivity index (χ0) is 20.6. The van der Waals surface area contributed by atoms with Gasteiger partial charge in [-0.05, 0) is 24.3 Å². The Morgan fingerprint density at radius 1 is 1.38 bits per heavy atom. The molecular formula is C18H16ClN3O5S2. The van der Waals surface area contributed by atoms with Crippen LogP contribution >= 0.6 is 22.9 Å². The molecule has 3 aromatic rings. The van der Waals surface area contributed by atoms with Gasteiger partial charge in [0.05, 0.1) is 33.9 Å². The average Bonchev–Trinajstić information content (AvgIpc) is 3.30. The maximum atomic E-state index is 12.5. The van der Waals surface area contributed by atoms with Gasteiger partial charge < -0.3 is 9.47 Å². The molecule has 1 aliphatic rings. The van der Waals surface area contributed by atoms with Gasteiger partial charge in [0.1, 0.15) is 11.1 Å². The molecule has 4 rings (SSSR count). The van der Waals surface area contributed by atoms with E-state index in [0.717, 1.165) is 12.7 Å². The number of sulfone groups is 1. The molecule has 29 heavy (non-hydrogen) atoms. The van der Waals surface area contributed by atoms with Gasteiger partial charge in [0.15, 0.2) is 15.0 Å². The Bertz CT molecular complexity index is 1190. The molecule has 1 aliphatic heterocycles. The monoisotopic (exact) mass is 453 g/mol. The highest BCUT2D eigenvalue weighted by Crippen LogP contribution is 2.29. The molecule has 1 aromatic carbocycles. The van der Waals surface area contributed by atoms with E-state index in [1.165, 1.54) is 35.7 Å². The minimum Gasteiger partial charge on any atom is -0.471 e. The summed E-state index contributed by atoms with van der Waals surface area (Å²) in [6, 6.07) is 6.11. The van der Waals surface area contributed by atoms with Crippen LogP contribution in [0, 0.1) is 0 Å². The Morgan fingerprint density at radius 3 is 2.90 bits per heavy atom. The van der Waals surface area contributed by atoms with Crippen molar-refractivity contribution in [3.8, 4) is 5.88 Å². The second-order valence-corrected chi connectivity index (χ2v) is 9.94. The van der Waals surface area contributed by atoms with E-state index in [1.54, 1.807) is 6.07 Å². The number of fused-ring (bicyclic) bond motifs is 1. The number of nitrogens with zero attached hydrogens (tertiary/aromatic N) is 2. The lowest BCUT2D eigenvalue weighted by atomic mass is 10.2. The Hall–Kier alpha value is -2.27. The SMILES string of the molecule is CS(=O)(=O)c1ccc2nc(NC(=O)c3cnc(OC4CCOC4)c(Cl)c3)sc2c1. The Balaban J connectivity index is 1.50. The van der Waals surface area contributed by atoms with Crippen molar-refractivity contribution in [1.82, 2.24) is 9.97 Å². The Morgan fingerprint density at radius 2 is 2.21 bits per heavy atom. The van der Waals surface area contributed by atoms with Crippen LogP contribution in [0.1, 0.15) is 16.8 Å². The van der Waals surface area contributed by atoms with Gasteiger partial charge in [0, 0.05) is 18.9 Å². The molecule has 0 spiro atoms. The zero-order valence-electron chi connectivity index (χ0n) is 15.2. The van der Waals surface area contributed by atoms with Crippen molar-refractivity contribution in [3.63, 3.8) is 0 Å². The summed E-state index contributed by atoms with van der Waals surface area (Å²) in [5, 5.41) is 3.26. The van der Waals surface area contributed by atoms with Crippen molar-refractivity contribution < 1.29 is 22.7 Å². The first-order chi connectivity index (χ1) is 13.8. The maximum absolute atomic E-state index is 12.5. The number of anilines is 1. The molecular weight excluding hydrogens is 438 g/mol. The summed E-state index contributed by atoms with van der Waals surface area (Å²) >= 11 is 7.38. The smallest absolute Gasteiger partial charge is 0.259 e. The van der Waals surface area contributed by atoms with Crippen molar-refractivity contribution in [2.24, 2.45) is 0 Å². The molecule has 1 amide bonds. The molecule has 1 N–H and O–H groups in total. The predicted octanol–water partition coefficient (Wildman–Crippen LogP) is 3.17. The van der Waals surface area contributed by atoms with Crippen LogP contribution in [-0.2, 0) is 14.6 Å². The molecule has 0 aliphatic carbocycles. The number of hydrogen-bond acceptors (Lipinski definition) is 8. The summed E-state index contributed by atoms with van der Waals surface area (Å²) in [6.45, 7) is 1.12. The van der Waals surface area contributed by atoms with Crippen LogP contribution in [0.4, 0.5) is 5.13 Å². The normalized spacial score (nSPS) is 16.8. The van der Waals surface area contributed by atoms with Gasteiger partial charge in [-0.2, -0.15) is 0 Å². The summed E-state index contributed by atoms with van der Waals surface area (Å²) in [5.41, 5.74) is 0.845. The largest absolute Gasteiger partial charge is 0.471 e. The van der Waals surface area contributed by atoms with Gasteiger partial charge in [-0.3, -0.25) is 10.1 Å². The first kappa shape index (κ1) is 20.0. The Labute approximate surface area is 175 Å². The number of pyridine rings is 1. The van der Waals surface area contributed by atoms with Crippen LogP contribution in [-0.4, -0.2) is 49.9 Å². The third kappa shape index (κ3) is 4.50. The number of ether oxygens (including phenoxy) is 2. The van der Waals surface area contributed by atoms with Crippen molar-refractivity contribution in [1.29, 1.82) is 0 Å². The fraction of sp³-hybridized carbons (Fsp3) is 0.278. The number of thiazole rings is 1. The molecule has 11 heteroatoms. The van der Waals surface area contributed by atoms with E-state index in [0.29, 0.717) is 28.6 Å². The molecule has 1 atom stereocenters. The minimum absolute atomic E-state index is 0.0979. The summed E-state index contributed by atoms with van der Waals surface area (Å²) in [7, 11) is -3.32. The molecule has 2 aromatic heterocycles. The highest BCUT2D eigenvalue weighted by Gasteiger charge is 2.20. The number of carbonyl (C=O) groups excluding carboxylic acids is 1. The second-order valence-electron chi connectivity index (χ2n) is 6.49. The number of halogens is 1. The fourth-order valence-corrected chi connectivity index (χ4v) is 4.59. The number of benzene rings is 1. The molecule has 0 radical (unpaired) electrons. The fourth-order valence-electron chi connectivity index (χ4n) is 2.76. The summed E-state index contributed by atoms with van der Waals surface area (Å²) in [4.78, 5) is 21.2. The number of nitrogens with one attached hydrogen (secondary N) is 1. The van der Waals surface area contributed by atoms with Gasteiger partial charge in [-0.1, -0.05) is 22.9 Å². The van der Waals surface area contributed by atoms with E-state index >= 15 is 0 Å². The van der Waals surface area contributed by atoms with E-state index in [2.05, 4.69) is 15.3 Å². The first-order valence-electron chi connectivity index (χ1n) is 8.61. The lowest BCUT2D eigenvalue weighted by molar-refractivity contribution is 0.102. The molecule has 0 bridgehead atoms. The zero-order valence-corrected chi connectivity index (χ0v) is 17.6. The summed E-state index contributed by atoms with van der Waals surface area (Å²) < 4.78 is 35.0. The number of aromatic nitrogens is 2. The van der Waals surface area contributed by atoms with E-state index in [4.69, 9.17) is 21.1 Å². The molecule has 1 saturated heterocycles. The second kappa shape index (κ2) is 7.86. The first-order valence-corrected chi connectivity index (χ1v) is 11.7. The minimum atomic E-state index is -3.32. The lowest BCUT2D eigenvalue weighted by Gasteiger charge is -2.12. The predicted molar refractivity (Wildman–Crippen MR) is 110 cm³/mol. The van der Waals surface area contributed by atoms with E-state index in [9.17, 15) is 13.2 Å². The summed E-state index contributed by atoms with van der Waals surface area (Å²) in [6.07, 6.45) is 3.18. The lowest BCUT2D eigenvalue weighted by Crippen LogP contribution is -2.17. The van der Waals surface area contributed by atoms with E-state index in [1.807, 2.05) is 0 Å². The topological polar surface area (TPSA) is 107 Å². The highest BCUT2D eigenvalue weighted by molar-refractivity contribution is 7.90. The van der Waals surface area contributed by atoms with E-state index in [-0.39, 0.29) is 27.5 Å². The highest BCUT2D eigenvalue weighted by atomic mass is 35.5. The van der Waals surface area contributed by atoms with Crippen LogP contribution in [0.5, 0.6) is 5.88 Å².